The van der Waals surface area contributed by atoms with Gasteiger partial charge in [-0.3, -0.25) is 13.9 Å². The maximum absolute atomic E-state index is 13.9. The summed E-state index contributed by atoms with van der Waals surface area (Å²) in [5.74, 6) is -0.327. The maximum Gasteiger partial charge on any atom is 0.334 e. The molecule has 272 valence electrons. The Bertz CT molecular complexity index is 1650. The van der Waals surface area contributed by atoms with Crippen molar-refractivity contribution in [2.45, 2.75) is 96.7 Å². The highest BCUT2D eigenvalue weighted by atomic mass is 31.2. The number of benzene rings is 1. The van der Waals surface area contributed by atoms with E-state index in [1.165, 1.54) is 6.33 Å². The number of carbonyl (C=O) groups excluding carboxylic acids is 1. The SMILES string of the molecule is CCOP(=O)(OCC)C1CC1[C@H]1O[C@@H](n2cnc3c(NC(=O)c4ccccc4)ncnc32)[C@H](OC)[C@@H]1OP(OCCC#N)N(C(C)C)C(C)C. The quantitative estimate of drug-likeness (QED) is 0.114. The summed E-state index contributed by atoms with van der Waals surface area (Å²) in [6.07, 6.45) is 0.894. The molecule has 17 heteroatoms. The van der Waals surface area contributed by atoms with E-state index in [-0.39, 0.29) is 56.0 Å². The number of nitrogens with zero attached hydrogens (tertiary/aromatic N) is 6. The molecule has 5 rings (SSSR count). The molecule has 1 aliphatic carbocycles. The Morgan fingerprint density at radius 2 is 1.82 bits per heavy atom. The number of carbonyl (C=O) groups is 1. The third kappa shape index (κ3) is 8.26. The number of aromatic nitrogens is 4. The standard InChI is InChI=1S/C33H47N7O8P2/c1-8-45-50(42,46-9-2)25-18-24(25)27-28(48-49(44-17-13-16-34)40(21(3)4)22(5)6)29(43-7)33(47-27)39-20-37-26-30(35-19-36-31(26)39)38-32(41)23-14-11-10-12-15-23/h10-12,14-15,19-22,24-25,27-29,33H,8-9,13,17-18H2,1-7H3,(H,35,36,38,41)/t24?,25?,27-,28-,29-,33-,49?/m1/s1. The predicted molar refractivity (Wildman–Crippen MR) is 187 cm³/mol. The smallest absolute Gasteiger partial charge is 0.334 e. The maximum atomic E-state index is 13.9. The van der Waals surface area contributed by atoms with Crippen molar-refractivity contribution in [1.82, 2.24) is 24.2 Å². The van der Waals surface area contributed by atoms with Gasteiger partial charge in [-0.05, 0) is 60.1 Å². The van der Waals surface area contributed by atoms with Crippen LogP contribution in [0, 0.1) is 17.2 Å². The van der Waals surface area contributed by atoms with Gasteiger partial charge in [0.15, 0.2) is 23.2 Å². The van der Waals surface area contributed by atoms with Crippen LogP contribution in [-0.4, -0.2) is 93.1 Å². The second-order valence-electron chi connectivity index (χ2n) is 12.5. The summed E-state index contributed by atoms with van der Waals surface area (Å²) in [7, 11) is -3.56. The molecule has 2 aromatic heterocycles. The van der Waals surface area contributed by atoms with Gasteiger partial charge in [0, 0.05) is 30.7 Å². The average molecular weight is 732 g/mol. The Kier molecular flexibility index (Phi) is 13.1. The fraction of sp³-hybridized carbons (Fsp3) is 0.606. The van der Waals surface area contributed by atoms with Crippen molar-refractivity contribution in [2.75, 3.05) is 32.2 Å². The zero-order chi connectivity index (χ0) is 36.0. The highest BCUT2D eigenvalue weighted by molar-refractivity contribution is 7.55. The largest absolute Gasteiger partial charge is 0.374 e. The Morgan fingerprint density at radius 3 is 2.44 bits per heavy atom. The van der Waals surface area contributed by atoms with Crippen LogP contribution in [0.25, 0.3) is 11.2 Å². The first kappa shape index (κ1) is 38.3. The van der Waals surface area contributed by atoms with Crippen molar-refractivity contribution in [3.05, 3.63) is 48.5 Å². The molecule has 1 N–H and O–H groups in total. The number of ether oxygens (including phenoxy) is 2. The van der Waals surface area contributed by atoms with Gasteiger partial charge in [0.25, 0.3) is 14.4 Å². The van der Waals surface area contributed by atoms with E-state index in [2.05, 4.69) is 58.7 Å². The lowest BCUT2D eigenvalue weighted by Gasteiger charge is -2.38. The van der Waals surface area contributed by atoms with Gasteiger partial charge in [-0.1, -0.05) is 18.2 Å². The van der Waals surface area contributed by atoms with Gasteiger partial charge >= 0.3 is 7.60 Å². The Labute approximate surface area is 294 Å². The first-order chi connectivity index (χ1) is 24.1. The van der Waals surface area contributed by atoms with Crippen LogP contribution < -0.4 is 5.32 Å². The molecule has 1 saturated heterocycles. The van der Waals surface area contributed by atoms with E-state index in [4.69, 9.17) is 27.6 Å². The minimum Gasteiger partial charge on any atom is -0.374 e. The Morgan fingerprint density at radius 1 is 1.12 bits per heavy atom. The first-order valence-corrected chi connectivity index (χ1v) is 19.7. The number of amides is 1. The lowest BCUT2D eigenvalue weighted by atomic mass is 10.1. The zero-order valence-corrected chi connectivity index (χ0v) is 31.3. The molecule has 0 radical (unpaired) electrons. The van der Waals surface area contributed by atoms with E-state index >= 15 is 0 Å². The number of rotatable bonds is 18. The van der Waals surface area contributed by atoms with Crippen molar-refractivity contribution in [3.8, 4) is 6.07 Å². The molecule has 2 aliphatic rings. The molecule has 50 heavy (non-hydrogen) atoms. The summed E-state index contributed by atoms with van der Waals surface area (Å²) in [5.41, 5.74) is 0.856. The van der Waals surface area contributed by atoms with Crippen LogP contribution in [0.3, 0.4) is 0 Å². The minimum atomic E-state index is -3.44. The molecule has 1 amide bonds. The van der Waals surface area contributed by atoms with Gasteiger partial charge in [-0.2, -0.15) is 5.26 Å². The second-order valence-corrected chi connectivity index (χ2v) is 16.2. The van der Waals surface area contributed by atoms with E-state index in [1.54, 1.807) is 56.1 Å². The molecule has 2 fully saturated rings. The molecule has 0 spiro atoms. The van der Waals surface area contributed by atoms with Gasteiger partial charge in [0.2, 0.25) is 0 Å². The molecule has 7 atom stereocenters. The number of anilines is 1. The van der Waals surface area contributed by atoms with E-state index in [1.807, 2.05) is 6.07 Å². The molecular formula is C33H47N7O8P2. The van der Waals surface area contributed by atoms with Crippen LogP contribution in [0.15, 0.2) is 43.0 Å². The van der Waals surface area contributed by atoms with Gasteiger partial charge in [-0.25, -0.2) is 19.6 Å². The first-order valence-electron chi connectivity index (χ1n) is 16.9. The normalized spacial score (nSPS) is 24.3. The van der Waals surface area contributed by atoms with E-state index in [9.17, 15) is 14.6 Å². The summed E-state index contributed by atoms with van der Waals surface area (Å²) in [6, 6.07) is 11.1. The van der Waals surface area contributed by atoms with Gasteiger partial charge in [0.1, 0.15) is 18.5 Å². The number of nitrogens with one attached hydrogen (secondary N) is 1. The average Bonchev–Trinajstić information content (AvgIpc) is 3.66. The molecule has 1 aromatic carbocycles. The third-order valence-electron chi connectivity index (χ3n) is 8.52. The van der Waals surface area contributed by atoms with Gasteiger partial charge in [0.05, 0.1) is 50.4 Å². The van der Waals surface area contributed by atoms with Crippen LogP contribution >= 0.6 is 16.1 Å². The van der Waals surface area contributed by atoms with E-state index in [0.717, 1.165) is 0 Å². The van der Waals surface area contributed by atoms with Crippen LogP contribution in [0.2, 0.25) is 0 Å². The van der Waals surface area contributed by atoms with Crippen LogP contribution in [0.5, 0.6) is 0 Å². The lowest BCUT2D eigenvalue weighted by Crippen LogP contribution is -2.40. The highest BCUT2D eigenvalue weighted by Gasteiger charge is 2.63. The fourth-order valence-electron chi connectivity index (χ4n) is 6.41. The summed E-state index contributed by atoms with van der Waals surface area (Å²) in [4.78, 5) is 26.4. The molecule has 3 aromatic rings. The molecule has 3 heterocycles. The predicted octanol–water partition coefficient (Wildman–Crippen LogP) is 6.31. The van der Waals surface area contributed by atoms with Gasteiger partial charge < -0.3 is 32.9 Å². The lowest BCUT2D eigenvalue weighted by molar-refractivity contribution is -0.0526. The summed E-state index contributed by atoms with van der Waals surface area (Å²) in [6.45, 7) is 12.5. The second kappa shape index (κ2) is 17.1. The van der Waals surface area contributed by atoms with E-state index in [0.29, 0.717) is 23.1 Å². The van der Waals surface area contributed by atoms with Crippen molar-refractivity contribution < 1.29 is 36.9 Å². The number of nitriles is 1. The van der Waals surface area contributed by atoms with Crippen LogP contribution in [0.1, 0.15) is 71.0 Å². The third-order valence-corrected chi connectivity index (χ3v) is 13.3. The molecular weight excluding hydrogens is 684 g/mol. The Hall–Kier alpha value is -2.89. The fourth-order valence-corrected chi connectivity index (χ4v) is 10.5. The van der Waals surface area contributed by atoms with Crippen molar-refractivity contribution in [1.29, 1.82) is 5.26 Å². The van der Waals surface area contributed by atoms with Crippen LogP contribution in [0.4, 0.5) is 5.82 Å². The van der Waals surface area contributed by atoms with Crippen LogP contribution in [-0.2, 0) is 32.1 Å². The molecule has 1 aliphatic heterocycles. The summed E-state index contributed by atoms with van der Waals surface area (Å²) < 4.78 is 55.4. The zero-order valence-electron chi connectivity index (χ0n) is 29.5. The summed E-state index contributed by atoms with van der Waals surface area (Å²) in [5, 5.41) is 12.1. The molecule has 15 nitrogen and oxygen atoms in total. The Balaban J connectivity index is 1.51. The number of hydrogen-bond donors (Lipinski definition) is 1. The minimum absolute atomic E-state index is 0.0596. The van der Waals surface area contributed by atoms with Crippen molar-refractivity contribution in [3.63, 3.8) is 0 Å². The monoisotopic (exact) mass is 731 g/mol. The van der Waals surface area contributed by atoms with Gasteiger partial charge in [-0.15, -0.1) is 0 Å². The number of hydrogen-bond acceptors (Lipinski definition) is 13. The molecule has 3 unspecified atom stereocenters. The van der Waals surface area contributed by atoms with Crippen molar-refractivity contribution >= 4 is 39.0 Å². The number of imidazole rings is 1. The topological polar surface area (TPSA) is 172 Å². The molecule has 0 bridgehead atoms. The molecule has 1 saturated carbocycles. The summed E-state index contributed by atoms with van der Waals surface area (Å²) >= 11 is 0. The number of methoxy groups -OCH3 is 1. The highest BCUT2D eigenvalue weighted by Crippen LogP contribution is 2.68. The van der Waals surface area contributed by atoms with E-state index < -0.39 is 46.3 Å². The van der Waals surface area contributed by atoms with Crippen molar-refractivity contribution in [2.24, 2.45) is 5.92 Å². The number of fused-ring (bicyclic) bond motifs is 1.